The summed E-state index contributed by atoms with van der Waals surface area (Å²) in [4.78, 5) is 23.7. The second-order valence-corrected chi connectivity index (χ2v) is 4.86. The summed E-state index contributed by atoms with van der Waals surface area (Å²) < 4.78 is 10.1. The highest BCUT2D eigenvalue weighted by molar-refractivity contribution is 5.77. The van der Waals surface area contributed by atoms with Gasteiger partial charge in [0.25, 0.3) is 0 Å². The lowest BCUT2D eigenvalue weighted by Gasteiger charge is -2.34. The maximum Gasteiger partial charge on any atom is 0.314 e. The largest absolute Gasteiger partial charge is 0.466 e. The Bertz CT molecular complexity index is 277. The molecule has 18 heavy (non-hydrogen) atoms. The Morgan fingerprint density at radius 3 is 1.72 bits per heavy atom. The molecule has 5 nitrogen and oxygen atoms in total. The van der Waals surface area contributed by atoms with Gasteiger partial charge in [-0.1, -0.05) is 0 Å². The first kappa shape index (κ1) is 15.0. The van der Waals surface area contributed by atoms with Crippen LogP contribution in [0.15, 0.2) is 0 Å². The summed E-state index contributed by atoms with van der Waals surface area (Å²) in [5, 5.41) is 2.06. The molecule has 0 aromatic heterocycles. The Hall–Kier alpha value is -1.10. The Labute approximate surface area is 108 Å². The molecule has 104 valence electrons. The number of carbonyl (C=O) groups excluding carboxylic acids is 2. The Kier molecular flexibility index (Phi) is 5.59. The van der Waals surface area contributed by atoms with Crippen molar-refractivity contribution in [2.24, 2.45) is 11.8 Å². The fourth-order valence-corrected chi connectivity index (χ4v) is 2.57. The summed E-state index contributed by atoms with van der Waals surface area (Å²) in [6.45, 7) is 8.34. The van der Waals surface area contributed by atoms with Crippen LogP contribution in [0.2, 0.25) is 0 Å². The lowest BCUT2D eigenvalue weighted by Crippen LogP contribution is -2.99. The fraction of sp³-hybridized carbons (Fsp3) is 0.846. The van der Waals surface area contributed by atoms with Gasteiger partial charge in [0.15, 0.2) is 0 Å². The van der Waals surface area contributed by atoms with Gasteiger partial charge in [-0.3, -0.25) is 9.59 Å². The molecule has 0 unspecified atom stereocenters. The third kappa shape index (κ3) is 3.45. The van der Waals surface area contributed by atoms with Crippen LogP contribution in [0.25, 0.3) is 0 Å². The lowest BCUT2D eigenvalue weighted by atomic mass is 9.81. The van der Waals surface area contributed by atoms with Gasteiger partial charge in [-0.05, 0) is 34.1 Å². The van der Waals surface area contributed by atoms with Crippen molar-refractivity contribution in [1.29, 1.82) is 0 Å². The van der Waals surface area contributed by atoms with E-state index in [-0.39, 0.29) is 35.9 Å². The van der Waals surface area contributed by atoms with Gasteiger partial charge >= 0.3 is 11.9 Å². The molecule has 5 heteroatoms. The zero-order chi connectivity index (χ0) is 13.7. The lowest BCUT2D eigenvalue weighted by molar-refractivity contribution is -0.733. The van der Waals surface area contributed by atoms with Crippen LogP contribution in [0.1, 0.15) is 34.1 Å². The highest BCUT2D eigenvalue weighted by Crippen LogP contribution is 2.23. The number of hydrogen-bond donors (Lipinski definition) is 1. The van der Waals surface area contributed by atoms with Crippen molar-refractivity contribution in [3.8, 4) is 0 Å². The first-order chi connectivity index (χ1) is 8.51. The zero-order valence-electron chi connectivity index (χ0n) is 11.6. The van der Waals surface area contributed by atoms with Gasteiger partial charge in [0.1, 0.15) is 11.8 Å². The summed E-state index contributed by atoms with van der Waals surface area (Å²) >= 11 is 0. The van der Waals surface area contributed by atoms with Crippen LogP contribution in [0.5, 0.6) is 0 Å². The smallest absolute Gasteiger partial charge is 0.314 e. The van der Waals surface area contributed by atoms with E-state index in [1.54, 1.807) is 13.8 Å². The maximum atomic E-state index is 11.8. The second-order valence-electron chi connectivity index (χ2n) is 4.86. The van der Waals surface area contributed by atoms with Crippen molar-refractivity contribution in [1.82, 2.24) is 0 Å². The predicted molar refractivity (Wildman–Crippen MR) is 65.7 cm³/mol. The molecule has 0 saturated carbocycles. The molecule has 1 saturated heterocycles. The van der Waals surface area contributed by atoms with E-state index in [1.807, 2.05) is 13.8 Å². The minimum absolute atomic E-state index is 0.143. The van der Waals surface area contributed by atoms with Crippen molar-refractivity contribution < 1.29 is 24.4 Å². The van der Waals surface area contributed by atoms with Gasteiger partial charge in [-0.2, -0.15) is 0 Å². The number of ether oxygens (including phenoxy) is 2. The Morgan fingerprint density at radius 2 is 1.39 bits per heavy atom. The SMILES string of the molecule is CCOC(=O)[C@H]1C[C@@H](C(=O)OCC)[C@H](C)[NH2+][C@@H]1C. The van der Waals surface area contributed by atoms with E-state index in [0.717, 1.165) is 0 Å². The van der Waals surface area contributed by atoms with Gasteiger partial charge in [0, 0.05) is 0 Å². The summed E-state index contributed by atoms with van der Waals surface area (Å²) in [5.41, 5.74) is 0. The first-order valence-corrected chi connectivity index (χ1v) is 6.69. The minimum Gasteiger partial charge on any atom is -0.466 e. The molecular weight excluding hydrogens is 234 g/mol. The Balaban J connectivity index is 2.71. The molecule has 4 atom stereocenters. The molecule has 1 fully saturated rings. The van der Waals surface area contributed by atoms with E-state index in [2.05, 4.69) is 5.32 Å². The number of piperidine rings is 1. The van der Waals surface area contributed by atoms with Crippen LogP contribution in [0, 0.1) is 11.8 Å². The van der Waals surface area contributed by atoms with Crippen molar-refractivity contribution in [3.05, 3.63) is 0 Å². The fourth-order valence-electron chi connectivity index (χ4n) is 2.57. The molecule has 0 amide bonds. The summed E-state index contributed by atoms with van der Waals surface area (Å²) in [7, 11) is 0. The molecule has 1 aliphatic rings. The summed E-state index contributed by atoms with van der Waals surface area (Å²) in [6, 6.07) is 0.287. The van der Waals surface area contributed by atoms with Crippen LogP contribution >= 0.6 is 0 Å². The molecule has 0 aliphatic carbocycles. The van der Waals surface area contributed by atoms with E-state index in [4.69, 9.17) is 9.47 Å². The number of hydrogen-bond acceptors (Lipinski definition) is 4. The van der Waals surface area contributed by atoms with Crippen LogP contribution in [-0.4, -0.2) is 37.2 Å². The van der Waals surface area contributed by atoms with E-state index in [1.165, 1.54) is 0 Å². The van der Waals surface area contributed by atoms with Gasteiger partial charge in [-0.25, -0.2) is 0 Å². The second kappa shape index (κ2) is 6.73. The van der Waals surface area contributed by atoms with Gasteiger partial charge in [0.05, 0.1) is 25.3 Å². The number of nitrogens with two attached hydrogens (primary N) is 1. The zero-order valence-corrected chi connectivity index (χ0v) is 11.6. The quantitative estimate of drug-likeness (QED) is 0.726. The number of quaternary nitrogens is 1. The molecule has 0 bridgehead atoms. The van der Waals surface area contributed by atoms with Gasteiger partial charge in [-0.15, -0.1) is 0 Å². The maximum absolute atomic E-state index is 11.8. The number of carbonyl (C=O) groups is 2. The molecule has 0 spiro atoms. The molecule has 2 N–H and O–H groups in total. The van der Waals surface area contributed by atoms with E-state index in [9.17, 15) is 9.59 Å². The average molecular weight is 258 g/mol. The molecule has 0 radical (unpaired) electrons. The standard InChI is InChI=1S/C13H23NO4/c1-5-17-12(15)10-7-11(13(16)18-6-2)9(4)14-8(10)3/h8-11,14H,5-7H2,1-4H3/p+1/t8-,9+,10+,11-. The molecular formula is C13H24NO4+. The highest BCUT2D eigenvalue weighted by atomic mass is 16.5. The van der Waals surface area contributed by atoms with E-state index < -0.39 is 0 Å². The molecule has 0 aromatic rings. The van der Waals surface area contributed by atoms with Crippen molar-refractivity contribution in [2.45, 2.75) is 46.2 Å². The normalized spacial score (nSPS) is 31.8. The minimum atomic E-state index is -0.226. The summed E-state index contributed by atoms with van der Waals surface area (Å²) in [6.07, 6.45) is 0.524. The van der Waals surface area contributed by atoms with Crippen molar-refractivity contribution in [3.63, 3.8) is 0 Å². The van der Waals surface area contributed by atoms with Crippen molar-refractivity contribution in [2.75, 3.05) is 13.2 Å². The third-order valence-electron chi connectivity index (χ3n) is 3.56. The monoisotopic (exact) mass is 258 g/mol. The van der Waals surface area contributed by atoms with Crippen LogP contribution < -0.4 is 5.32 Å². The Morgan fingerprint density at radius 1 is 1.00 bits per heavy atom. The topological polar surface area (TPSA) is 69.2 Å². The number of esters is 2. The molecule has 1 aliphatic heterocycles. The molecule has 0 aromatic carbocycles. The first-order valence-electron chi connectivity index (χ1n) is 6.69. The predicted octanol–water partition coefficient (Wildman–Crippen LogP) is 0.0891. The molecule has 1 heterocycles. The van der Waals surface area contributed by atoms with Crippen LogP contribution in [0.4, 0.5) is 0 Å². The third-order valence-corrected chi connectivity index (χ3v) is 3.56. The summed E-state index contributed by atoms with van der Waals surface area (Å²) in [5.74, 6) is -0.865. The van der Waals surface area contributed by atoms with E-state index in [0.29, 0.717) is 19.6 Å². The van der Waals surface area contributed by atoms with Gasteiger partial charge < -0.3 is 14.8 Å². The molecule has 1 rings (SSSR count). The number of rotatable bonds is 4. The van der Waals surface area contributed by atoms with Crippen LogP contribution in [0.3, 0.4) is 0 Å². The van der Waals surface area contributed by atoms with E-state index >= 15 is 0 Å². The highest BCUT2D eigenvalue weighted by Gasteiger charge is 2.44. The van der Waals surface area contributed by atoms with Crippen molar-refractivity contribution >= 4 is 11.9 Å². The van der Waals surface area contributed by atoms with Gasteiger partial charge in [0.2, 0.25) is 0 Å². The average Bonchev–Trinajstić information content (AvgIpc) is 2.29. The van der Waals surface area contributed by atoms with Crippen LogP contribution in [-0.2, 0) is 19.1 Å².